The molecule has 2 aromatic heterocycles. The van der Waals surface area contributed by atoms with Crippen molar-refractivity contribution in [1.29, 1.82) is 0 Å². The van der Waals surface area contributed by atoms with Gasteiger partial charge < -0.3 is 4.74 Å². The third-order valence-electron chi connectivity index (χ3n) is 6.08. The molecule has 0 N–H and O–H groups in total. The van der Waals surface area contributed by atoms with E-state index in [2.05, 4.69) is 65.9 Å². The van der Waals surface area contributed by atoms with Crippen molar-refractivity contribution in [3.8, 4) is 0 Å². The number of hydrogen-bond donors (Lipinski definition) is 0. The molecular formula is C25H22O2S2. The van der Waals surface area contributed by atoms with Gasteiger partial charge in [0, 0.05) is 21.4 Å². The van der Waals surface area contributed by atoms with Gasteiger partial charge >= 0.3 is 5.97 Å². The van der Waals surface area contributed by atoms with Crippen LogP contribution in [0.2, 0.25) is 0 Å². The molecule has 3 unspecified atom stereocenters. The average Bonchev–Trinajstić information content (AvgIpc) is 3.42. The predicted molar refractivity (Wildman–Crippen MR) is 123 cm³/mol. The number of rotatable bonds is 4. The lowest BCUT2D eigenvalue weighted by atomic mass is 9.73. The second-order valence-electron chi connectivity index (χ2n) is 7.67. The molecule has 0 spiro atoms. The average molecular weight is 419 g/mol. The van der Waals surface area contributed by atoms with E-state index in [0.717, 1.165) is 19.3 Å². The molecule has 1 saturated carbocycles. The van der Waals surface area contributed by atoms with Crippen molar-refractivity contribution < 1.29 is 9.53 Å². The Bertz CT molecular complexity index is 1190. The maximum absolute atomic E-state index is 12.0. The molecule has 0 amide bonds. The summed E-state index contributed by atoms with van der Waals surface area (Å²) in [4.78, 5) is 12.0. The fraction of sp³-hybridized carbons (Fsp3) is 0.240. The number of esters is 1. The van der Waals surface area contributed by atoms with Crippen LogP contribution in [-0.2, 0) is 9.53 Å². The van der Waals surface area contributed by atoms with Gasteiger partial charge in [0.25, 0.3) is 0 Å². The lowest BCUT2D eigenvalue weighted by molar-refractivity contribution is -0.145. The van der Waals surface area contributed by atoms with Crippen LogP contribution < -0.4 is 0 Å². The summed E-state index contributed by atoms with van der Waals surface area (Å²) in [5, 5.41) is 6.91. The Labute approximate surface area is 178 Å². The normalized spacial score (nSPS) is 22.0. The van der Waals surface area contributed by atoms with Crippen LogP contribution in [0.3, 0.4) is 0 Å². The van der Waals surface area contributed by atoms with Gasteiger partial charge in [0.1, 0.15) is 6.10 Å². The molecule has 29 heavy (non-hydrogen) atoms. The second kappa shape index (κ2) is 7.77. The number of ether oxygens (including phenoxy) is 1. The standard InChI is InChI=1S/C25H22O2S2/c1-2-23(26)27-22-10-9-18(19-7-3-5-16-11-13-28-24(16)19)15-21(22)20-8-4-6-17-12-14-29-25(17)20/h2-8,11-14,18,21-22H,1,9-10,15H2. The number of thiophene rings is 2. The van der Waals surface area contributed by atoms with Crippen LogP contribution in [0.15, 0.2) is 71.9 Å². The van der Waals surface area contributed by atoms with Crippen LogP contribution in [-0.4, -0.2) is 12.1 Å². The van der Waals surface area contributed by atoms with Crippen molar-refractivity contribution >= 4 is 48.8 Å². The summed E-state index contributed by atoms with van der Waals surface area (Å²) in [6.07, 6.45) is 4.07. The van der Waals surface area contributed by atoms with Gasteiger partial charge in [-0.15, -0.1) is 22.7 Å². The topological polar surface area (TPSA) is 26.3 Å². The van der Waals surface area contributed by atoms with Gasteiger partial charge in [0.2, 0.25) is 0 Å². The quantitative estimate of drug-likeness (QED) is 0.257. The minimum Gasteiger partial charge on any atom is -0.459 e. The van der Waals surface area contributed by atoms with E-state index in [1.165, 1.54) is 37.4 Å². The van der Waals surface area contributed by atoms with E-state index < -0.39 is 0 Å². The first kappa shape index (κ1) is 18.6. The Balaban J connectivity index is 1.55. The fourth-order valence-electron chi connectivity index (χ4n) is 4.74. The Hall–Kier alpha value is -2.43. The van der Waals surface area contributed by atoms with Crippen molar-refractivity contribution in [1.82, 2.24) is 0 Å². The van der Waals surface area contributed by atoms with Gasteiger partial charge in [-0.25, -0.2) is 4.79 Å². The lowest BCUT2D eigenvalue weighted by Crippen LogP contribution is -2.31. The van der Waals surface area contributed by atoms with Crippen molar-refractivity contribution in [3.63, 3.8) is 0 Å². The Morgan fingerprint density at radius 3 is 2.28 bits per heavy atom. The number of benzene rings is 2. The minimum atomic E-state index is -0.322. The Morgan fingerprint density at radius 1 is 0.931 bits per heavy atom. The molecule has 4 heteroatoms. The molecule has 1 fully saturated rings. The van der Waals surface area contributed by atoms with Crippen molar-refractivity contribution in [2.75, 3.05) is 0 Å². The number of carbonyl (C=O) groups is 1. The molecule has 2 aromatic carbocycles. The third-order valence-corrected chi connectivity index (χ3v) is 8.04. The highest BCUT2D eigenvalue weighted by Crippen LogP contribution is 2.47. The molecule has 0 aliphatic heterocycles. The van der Waals surface area contributed by atoms with Crippen LogP contribution >= 0.6 is 22.7 Å². The summed E-state index contributed by atoms with van der Waals surface area (Å²) in [7, 11) is 0. The first-order chi connectivity index (χ1) is 14.2. The molecule has 1 aliphatic rings. The van der Waals surface area contributed by atoms with Crippen LogP contribution in [0.1, 0.15) is 42.2 Å². The van der Waals surface area contributed by atoms with Gasteiger partial charge in [-0.05, 0) is 70.0 Å². The predicted octanol–water partition coefficient (Wildman–Crippen LogP) is 7.27. The highest BCUT2D eigenvalue weighted by atomic mass is 32.1. The van der Waals surface area contributed by atoms with Gasteiger partial charge in [-0.2, -0.15) is 0 Å². The molecule has 0 bridgehead atoms. The first-order valence-corrected chi connectivity index (χ1v) is 11.8. The van der Waals surface area contributed by atoms with E-state index in [0.29, 0.717) is 5.92 Å². The second-order valence-corrected chi connectivity index (χ2v) is 9.50. The summed E-state index contributed by atoms with van der Waals surface area (Å²) >= 11 is 3.60. The molecule has 2 heterocycles. The van der Waals surface area contributed by atoms with E-state index in [-0.39, 0.29) is 18.0 Å². The maximum atomic E-state index is 12.0. The summed E-state index contributed by atoms with van der Waals surface area (Å²) in [5.41, 5.74) is 2.75. The molecule has 3 atom stereocenters. The number of hydrogen-bond acceptors (Lipinski definition) is 4. The Morgan fingerprint density at radius 2 is 1.59 bits per heavy atom. The molecular weight excluding hydrogens is 396 g/mol. The van der Waals surface area contributed by atoms with E-state index in [1.807, 2.05) is 11.3 Å². The van der Waals surface area contributed by atoms with Crippen molar-refractivity contribution in [3.05, 3.63) is 83.1 Å². The zero-order valence-electron chi connectivity index (χ0n) is 16.0. The van der Waals surface area contributed by atoms with Gasteiger partial charge in [0.15, 0.2) is 0 Å². The molecule has 1 aliphatic carbocycles. The number of carbonyl (C=O) groups excluding carboxylic acids is 1. The summed E-state index contributed by atoms with van der Waals surface area (Å²) in [5.74, 6) is 0.337. The fourth-order valence-corrected chi connectivity index (χ4v) is 6.71. The van der Waals surface area contributed by atoms with Gasteiger partial charge in [-0.1, -0.05) is 43.0 Å². The van der Waals surface area contributed by atoms with E-state index in [1.54, 1.807) is 11.3 Å². The zero-order valence-corrected chi connectivity index (χ0v) is 17.7. The largest absolute Gasteiger partial charge is 0.459 e. The smallest absolute Gasteiger partial charge is 0.330 e. The van der Waals surface area contributed by atoms with Crippen LogP contribution in [0, 0.1) is 0 Å². The van der Waals surface area contributed by atoms with Crippen LogP contribution in [0.4, 0.5) is 0 Å². The highest BCUT2D eigenvalue weighted by Gasteiger charge is 2.36. The lowest BCUT2D eigenvalue weighted by Gasteiger charge is -2.36. The summed E-state index contributed by atoms with van der Waals surface area (Å²) in [6, 6.07) is 17.5. The summed E-state index contributed by atoms with van der Waals surface area (Å²) < 4.78 is 8.55. The van der Waals surface area contributed by atoms with Gasteiger partial charge in [0.05, 0.1) is 0 Å². The van der Waals surface area contributed by atoms with Crippen molar-refractivity contribution in [2.24, 2.45) is 0 Å². The maximum Gasteiger partial charge on any atom is 0.330 e. The molecule has 4 aromatic rings. The van der Waals surface area contributed by atoms with E-state index in [4.69, 9.17) is 4.74 Å². The Kier molecular flexibility index (Phi) is 4.98. The summed E-state index contributed by atoms with van der Waals surface area (Å²) in [6.45, 7) is 3.59. The third kappa shape index (κ3) is 3.41. The molecule has 0 radical (unpaired) electrons. The van der Waals surface area contributed by atoms with E-state index in [9.17, 15) is 4.79 Å². The van der Waals surface area contributed by atoms with Crippen LogP contribution in [0.25, 0.3) is 20.2 Å². The van der Waals surface area contributed by atoms with Gasteiger partial charge in [-0.3, -0.25) is 0 Å². The number of fused-ring (bicyclic) bond motifs is 2. The molecule has 5 rings (SSSR count). The minimum absolute atomic E-state index is 0.105. The SMILES string of the molecule is C=CC(=O)OC1CCC(c2cccc3ccsc23)CC1c1cccc2ccsc12. The van der Waals surface area contributed by atoms with Crippen LogP contribution in [0.5, 0.6) is 0 Å². The monoisotopic (exact) mass is 418 g/mol. The van der Waals surface area contributed by atoms with Crippen molar-refractivity contribution in [2.45, 2.75) is 37.2 Å². The molecule has 0 saturated heterocycles. The highest BCUT2D eigenvalue weighted by molar-refractivity contribution is 7.17. The zero-order chi connectivity index (χ0) is 19.8. The molecule has 146 valence electrons. The first-order valence-electron chi connectivity index (χ1n) is 10.00. The van der Waals surface area contributed by atoms with E-state index >= 15 is 0 Å². The molecule has 2 nitrogen and oxygen atoms in total.